The third kappa shape index (κ3) is 36.5. The normalized spacial score (nSPS) is 13.9. The van der Waals surface area contributed by atoms with Crippen LogP contribution in [0.3, 0.4) is 0 Å². The molecule has 0 aromatic heterocycles. The Kier molecular flexibility index (Phi) is 40.6. The molecule has 0 bridgehead atoms. The first-order chi connectivity index (χ1) is 33.0. The summed E-state index contributed by atoms with van der Waals surface area (Å²) in [5, 5.41) is 0.515. The maximum atomic E-state index is 11.7. The second kappa shape index (κ2) is 45.3. The molecule has 2 aliphatic heterocycles. The van der Waals surface area contributed by atoms with Gasteiger partial charge in [-0.2, -0.15) is 0 Å². The third-order valence-electron chi connectivity index (χ3n) is 8.59. The number of carbonyl (C=O) groups excluding carboxylic acids is 5. The van der Waals surface area contributed by atoms with Crippen molar-refractivity contribution in [2.24, 2.45) is 0 Å². The van der Waals surface area contributed by atoms with Gasteiger partial charge in [-0.25, -0.2) is 4.79 Å². The lowest BCUT2D eigenvalue weighted by molar-refractivity contribution is -0.198. The zero-order chi connectivity index (χ0) is 47.9. The molecule has 4 amide bonds. The molecule has 2 rings (SSSR count). The molecule has 1 fully saturated rings. The number of rotatable bonds is 52. The molecule has 388 valence electrons. The van der Waals surface area contributed by atoms with E-state index in [1.165, 1.54) is 12.2 Å². The van der Waals surface area contributed by atoms with Crippen molar-refractivity contribution in [3.63, 3.8) is 0 Å². The largest absolute Gasteiger partial charge is 0.378 e. The monoisotopic (exact) mass is 970 g/mol. The van der Waals surface area contributed by atoms with Gasteiger partial charge in [-0.05, 0) is 0 Å². The van der Waals surface area contributed by atoms with Gasteiger partial charge in [0.1, 0.15) is 0 Å². The molecule has 0 spiro atoms. The van der Waals surface area contributed by atoms with E-state index < -0.39 is 17.8 Å². The van der Waals surface area contributed by atoms with Gasteiger partial charge >= 0.3 is 5.97 Å². The van der Waals surface area contributed by atoms with E-state index in [2.05, 4.69) is 0 Å². The number of hydrogen-bond donors (Lipinski definition) is 0. The highest BCUT2D eigenvalue weighted by Gasteiger charge is 2.32. The standard InChI is InChI=1S/C43H74N2O22/c46-39-1-2-40(47)44(39)6-8-52-10-12-54-14-16-56-18-20-58-22-24-60-26-28-62-30-32-64-34-36-66-38-37-65-35-33-63-31-29-61-27-25-59-23-21-57-19-17-55-15-13-53-11-9-51-7-5-43(50)67-45-41(48)3-4-42(45)49/h1-2H,3-38H2. The summed E-state index contributed by atoms with van der Waals surface area (Å²) in [5.41, 5.74) is 0. The highest BCUT2D eigenvalue weighted by molar-refractivity contribution is 6.12. The van der Waals surface area contributed by atoms with E-state index in [1.54, 1.807) is 0 Å². The van der Waals surface area contributed by atoms with Crippen LogP contribution in [-0.2, 0) is 105 Å². The van der Waals surface area contributed by atoms with Crippen molar-refractivity contribution in [2.75, 3.05) is 218 Å². The van der Waals surface area contributed by atoms with E-state index in [0.29, 0.717) is 197 Å². The van der Waals surface area contributed by atoms with Crippen molar-refractivity contribution >= 4 is 29.6 Å². The predicted octanol–water partition coefficient (Wildman–Crippen LogP) is -0.826. The van der Waals surface area contributed by atoms with Crippen LogP contribution in [-0.4, -0.2) is 258 Å². The van der Waals surface area contributed by atoms with Gasteiger partial charge in [0.2, 0.25) is 0 Å². The zero-order valence-electron chi connectivity index (χ0n) is 39.0. The fraction of sp³-hybridized carbons (Fsp3) is 0.837. The maximum absolute atomic E-state index is 11.7. The molecule has 24 nitrogen and oxygen atoms in total. The Morgan fingerprint density at radius 3 is 0.776 bits per heavy atom. The van der Waals surface area contributed by atoms with Crippen molar-refractivity contribution in [3.05, 3.63) is 12.2 Å². The predicted molar refractivity (Wildman–Crippen MR) is 231 cm³/mol. The lowest BCUT2D eigenvalue weighted by Crippen LogP contribution is -2.33. The highest BCUT2D eigenvalue weighted by Crippen LogP contribution is 2.12. The van der Waals surface area contributed by atoms with Crippen LogP contribution in [0.1, 0.15) is 19.3 Å². The van der Waals surface area contributed by atoms with Crippen LogP contribution < -0.4 is 0 Å². The molecule has 24 heteroatoms. The van der Waals surface area contributed by atoms with Crippen LogP contribution >= 0.6 is 0 Å². The van der Waals surface area contributed by atoms with Crippen LogP contribution in [0, 0.1) is 0 Å². The van der Waals surface area contributed by atoms with E-state index in [1.807, 2.05) is 0 Å². The van der Waals surface area contributed by atoms with Gasteiger partial charge < -0.3 is 80.6 Å². The number of ether oxygens (including phenoxy) is 16. The molecule has 0 radical (unpaired) electrons. The van der Waals surface area contributed by atoms with Crippen LogP contribution in [0.4, 0.5) is 0 Å². The summed E-state index contributed by atoms with van der Waals surface area (Å²) < 4.78 is 87.2. The summed E-state index contributed by atoms with van der Waals surface area (Å²) in [5.74, 6) is -2.37. The summed E-state index contributed by atoms with van der Waals surface area (Å²) in [6, 6.07) is 0. The quantitative estimate of drug-likeness (QED) is 0.0533. The van der Waals surface area contributed by atoms with Crippen LogP contribution in [0.2, 0.25) is 0 Å². The Bertz CT molecular complexity index is 1250. The van der Waals surface area contributed by atoms with Crippen molar-refractivity contribution < 1.29 is 105 Å². The average Bonchev–Trinajstić information content (AvgIpc) is 3.82. The molecule has 2 heterocycles. The van der Waals surface area contributed by atoms with Gasteiger partial charge in [0, 0.05) is 25.0 Å². The van der Waals surface area contributed by atoms with Gasteiger partial charge in [0.15, 0.2) is 0 Å². The lowest BCUT2D eigenvalue weighted by Gasteiger charge is -2.13. The lowest BCUT2D eigenvalue weighted by atomic mass is 10.4. The second-order valence-corrected chi connectivity index (χ2v) is 13.8. The van der Waals surface area contributed by atoms with Gasteiger partial charge in [0.25, 0.3) is 23.6 Å². The molecule has 0 aromatic rings. The van der Waals surface area contributed by atoms with Crippen LogP contribution in [0.25, 0.3) is 0 Å². The number of imide groups is 2. The first-order valence-electron chi connectivity index (χ1n) is 22.8. The smallest absolute Gasteiger partial charge is 0.335 e. The van der Waals surface area contributed by atoms with Crippen LogP contribution in [0.15, 0.2) is 12.2 Å². The minimum Gasteiger partial charge on any atom is -0.378 e. The Morgan fingerprint density at radius 1 is 0.328 bits per heavy atom. The van der Waals surface area contributed by atoms with E-state index >= 15 is 0 Å². The Labute approximate surface area is 393 Å². The molecule has 0 saturated carbocycles. The van der Waals surface area contributed by atoms with E-state index in [9.17, 15) is 24.0 Å². The van der Waals surface area contributed by atoms with Gasteiger partial charge in [-0.3, -0.25) is 24.1 Å². The molecule has 0 N–H and O–H groups in total. The first-order valence-corrected chi connectivity index (χ1v) is 22.8. The molecule has 67 heavy (non-hydrogen) atoms. The van der Waals surface area contributed by atoms with Gasteiger partial charge in [-0.15, -0.1) is 5.06 Å². The Hall–Kier alpha value is -3.15. The fourth-order valence-corrected chi connectivity index (χ4v) is 5.17. The fourth-order valence-electron chi connectivity index (χ4n) is 5.17. The Balaban J connectivity index is 1.11. The van der Waals surface area contributed by atoms with E-state index in [0.717, 1.165) is 4.90 Å². The number of amides is 4. The molecule has 1 saturated heterocycles. The second-order valence-electron chi connectivity index (χ2n) is 13.8. The van der Waals surface area contributed by atoms with Gasteiger partial charge in [0.05, 0.1) is 224 Å². The van der Waals surface area contributed by atoms with E-state index in [-0.39, 0.29) is 57.4 Å². The average molecular weight is 971 g/mol. The molecule has 0 aliphatic carbocycles. The summed E-state index contributed by atoms with van der Waals surface area (Å²) in [7, 11) is 0. The molecular formula is C43H74N2O22. The molecule has 0 atom stereocenters. The molecular weight excluding hydrogens is 896 g/mol. The number of hydroxylamine groups is 2. The number of nitrogens with zero attached hydrogens (tertiary/aromatic N) is 2. The first kappa shape index (κ1) is 60.0. The number of carbonyl (C=O) groups is 5. The van der Waals surface area contributed by atoms with Crippen molar-refractivity contribution in [2.45, 2.75) is 19.3 Å². The zero-order valence-corrected chi connectivity index (χ0v) is 39.0. The molecule has 0 aromatic carbocycles. The summed E-state index contributed by atoms with van der Waals surface area (Å²) in [6.45, 7) is 13.7. The summed E-state index contributed by atoms with van der Waals surface area (Å²) >= 11 is 0. The summed E-state index contributed by atoms with van der Waals surface area (Å²) in [6.07, 6.45) is 2.52. The van der Waals surface area contributed by atoms with Crippen molar-refractivity contribution in [1.29, 1.82) is 0 Å². The summed E-state index contributed by atoms with van der Waals surface area (Å²) in [4.78, 5) is 63.3. The Morgan fingerprint density at radius 2 is 0.537 bits per heavy atom. The minimum atomic E-state index is -0.705. The number of hydrogen-bond acceptors (Lipinski definition) is 22. The van der Waals surface area contributed by atoms with Crippen molar-refractivity contribution in [3.8, 4) is 0 Å². The topological polar surface area (TPSA) is 249 Å². The van der Waals surface area contributed by atoms with Gasteiger partial charge in [-0.1, -0.05) is 0 Å². The molecule has 0 unspecified atom stereocenters. The highest BCUT2D eigenvalue weighted by atomic mass is 16.7. The van der Waals surface area contributed by atoms with Crippen molar-refractivity contribution in [1.82, 2.24) is 9.96 Å². The maximum Gasteiger partial charge on any atom is 0.335 e. The molecule has 2 aliphatic rings. The minimum absolute atomic E-state index is 0.0525. The third-order valence-corrected chi connectivity index (χ3v) is 8.59. The van der Waals surface area contributed by atoms with Crippen LogP contribution in [0.5, 0.6) is 0 Å². The SMILES string of the molecule is O=C(CCOCCOCCOCCOCCOCCOCCOCCOCCOCCOCCOCCOCCOCCOCCOCCOCCN1C(=O)C=CC1=O)ON1C(=O)CCC1=O. The van der Waals surface area contributed by atoms with E-state index in [4.69, 9.17) is 80.6 Å².